The van der Waals surface area contributed by atoms with E-state index in [0.29, 0.717) is 12.0 Å². The molecule has 0 saturated carbocycles. The van der Waals surface area contributed by atoms with E-state index in [2.05, 4.69) is 15.6 Å². The summed E-state index contributed by atoms with van der Waals surface area (Å²) < 4.78 is 4.83. The third-order valence-corrected chi connectivity index (χ3v) is 5.02. The summed E-state index contributed by atoms with van der Waals surface area (Å²) in [6, 6.07) is 8.66. The van der Waals surface area contributed by atoms with Crippen LogP contribution in [-0.4, -0.2) is 42.5 Å². The molecule has 0 saturated heterocycles. The molecule has 3 N–H and O–H groups in total. The Morgan fingerprint density at radius 3 is 2.79 bits per heavy atom. The van der Waals surface area contributed by atoms with E-state index >= 15 is 0 Å². The first kappa shape index (κ1) is 19.6. The van der Waals surface area contributed by atoms with Crippen molar-refractivity contribution in [2.45, 2.75) is 18.9 Å². The highest BCUT2D eigenvalue weighted by Crippen LogP contribution is 2.19. The number of benzene rings is 1. The number of rotatable bonds is 8. The van der Waals surface area contributed by atoms with Crippen LogP contribution in [0.4, 0.5) is 0 Å². The predicted octanol–water partition coefficient (Wildman–Crippen LogP) is 2.25. The summed E-state index contributed by atoms with van der Waals surface area (Å²) in [6.07, 6.45) is 2.20. The van der Waals surface area contributed by atoms with Gasteiger partial charge in [-0.25, -0.2) is 4.79 Å². The van der Waals surface area contributed by atoms with Gasteiger partial charge in [-0.2, -0.15) is 11.3 Å². The zero-order chi connectivity index (χ0) is 19.9. The molecular formula is C20H21N3O4S. The van der Waals surface area contributed by atoms with Crippen molar-refractivity contribution in [1.29, 1.82) is 0 Å². The predicted molar refractivity (Wildman–Crippen MR) is 107 cm³/mol. The van der Waals surface area contributed by atoms with Crippen molar-refractivity contribution >= 4 is 40.0 Å². The molecule has 0 radical (unpaired) electrons. The van der Waals surface area contributed by atoms with Gasteiger partial charge < -0.3 is 20.4 Å². The van der Waals surface area contributed by atoms with Gasteiger partial charge in [-0.15, -0.1) is 0 Å². The summed E-state index contributed by atoms with van der Waals surface area (Å²) in [5, 5.41) is 9.94. The molecule has 1 atom stereocenters. The van der Waals surface area contributed by atoms with Crippen molar-refractivity contribution in [2.24, 2.45) is 0 Å². The molecule has 8 heteroatoms. The van der Waals surface area contributed by atoms with E-state index in [-0.39, 0.29) is 24.8 Å². The van der Waals surface area contributed by atoms with Crippen molar-refractivity contribution in [2.75, 3.05) is 13.7 Å². The lowest BCUT2D eigenvalue weighted by Crippen LogP contribution is -2.44. The van der Waals surface area contributed by atoms with Gasteiger partial charge in [-0.05, 0) is 23.1 Å². The number of fused-ring (bicyclic) bond motifs is 1. The third-order valence-electron chi connectivity index (χ3n) is 4.34. The maximum Gasteiger partial charge on any atom is 0.328 e. The number of nitrogens with one attached hydrogen (secondary N) is 3. The van der Waals surface area contributed by atoms with Crippen LogP contribution in [-0.2, 0) is 20.7 Å². The van der Waals surface area contributed by atoms with Crippen LogP contribution in [0.2, 0.25) is 0 Å². The van der Waals surface area contributed by atoms with Crippen molar-refractivity contribution < 1.29 is 19.1 Å². The maximum absolute atomic E-state index is 12.3. The molecule has 3 aromatic rings. The molecule has 0 bridgehead atoms. The number of hydrogen-bond acceptors (Lipinski definition) is 5. The fraction of sp³-hybridized carbons (Fsp3) is 0.250. The molecule has 0 aliphatic carbocycles. The minimum absolute atomic E-state index is 0.0667. The summed E-state index contributed by atoms with van der Waals surface area (Å²) in [5.41, 5.74) is 2.44. The van der Waals surface area contributed by atoms with Gasteiger partial charge in [0, 0.05) is 47.4 Å². The number of thiophene rings is 1. The Kier molecular flexibility index (Phi) is 6.44. The first-order chi connectivity index (χ1) is 13.6. The lowest BCUT2D eigenvalue weighted by molar-refractivity contribution is -0.145. The molecule has 7 nitrogen and oxygen atoms in total. The average Bonchev–Trinajstić information content (AvgIpc) is 3.37. The SMILES string of the molecule is COC(=O)C(Cc1c[nH]c2ccccc12)NC(=O)CCNC(=O)c1ccsc1. The first-order valence-corrected chi connectivity index (χ1v) is 9.75. The molecular weight excluding hydrogens is 378 g/mol. The van der Waals surface area contributed by atoms with E-state index in [0.717, 1.165) is 16.5 Å². The lowest BCUT2D eigenvalue weighted by atomic mass is 10.0. The smallest absolute Gasteiger partial charge is 0.328 e. The van der Waals surface area contributed by atoms with Crippen LogP contribution in [0.5, 0.6) is 0 Å². The largest absolute Gasteiger partial charge is 0.467 e. The van der Waals surface area contributed by atoms with Gasteiger partial charge in [0.1, 0.15) is 6.04 Å². The minimum atomic E-state index is -0.802. The normalized spacial score (nSPS) is 11.8. The summed E-state index contributed by atoms with van der Waals surface area (Å²) in [7, 11) is 1.29. The van der Waals surface area contributed by atoms with Gasteiger partial charge >= 0.3 is 5.97 Å². The zero-order valence-electron chi connectivity index (χ0n) is 15.4. The van der Waals surface area contributed by atoms with E-state index in [1.165, 1.54) is 18.4 Å². The number of aromatic amines is 1. The van der Waals surface area contributed by atoms with E-state index in [9.17, 15) is 14.4 Å². The van der Waals surface area contributed by atoms with Crippen LogP contribution < -0.4 is 10.6 Å². The minimum Gasteiger partial charge on any atom is -0.467 e. The lowest BCUT2D eigenvalue weighted by Gasteiger charge is -2.16. The Bertz CT molecular complexity index is 965. The van der Waals surface area contributed by atoms with Crippen molar-refractivity contribution in [1.82, 2.24) is 15.6 Å². The average molecular weight is 399 g/mol. The number of hydrogen-bond donors (Lipinski definition) is 3. The highest BCUT2D eigenvalue weighted by molar-refractivity contribution is 7.08. The highest BCUT2D eigenvalue weighted by atomic mass is 32.1. The number of carbonyl (C=O) groups is 3. The molecule has 1 unspecified atom stereocenters. The molecule has 3 rings (SSSR count). The fourth-order valence-corrected chi connectivity index (χ4v) is 3.54. The van der Waals surface area contributed by atoms with Crippen LogP contribution in [0.3, 0.4) is 0 Å². The molecule has 2 heterocycles. The molecule has 0 aliphatic rings. The zero-order valence-corrected chi connectivity index (χ0v) is 16.2. The summed E-state index contributed by atoms with van der Waals surface area (Å²) in [6.45, 7) is 0.182. The monoisotopic (exact) mass is 399 g/mol. The maximum atomic E-state index is 12.3. The number of esters is 1. The van der Waals surface area contributed by atoms with Crippen LogP contribution in [0.25, 0.3) is 10.9 Å². The molecule has 2 aromatic heterocycles. The Balaban J connectivity index is 1.57. The van der Waals surface area contributed by atoms with Gasteiger partial charge in [-0.3, -0.25) is 9.59 Å². The Labute approximate surface area is 166 Å². The standard InChI is InChI=1S/C20H21N3O4S/c1-27-20(26)17(10-14-11-22-16-5-3-2-4-15(14)16)23-18(24)6-8-21-19(25)13-7-9-28-12-13/h2-5,7,9,11-12,17,22H,6,8,10H2,1H3,(H,21,25)(H,23,24). The van der Waals surface area contributed by atoms with E-state index in [1.54, 1.807) is 11.4 Å². The first-order valence-electron chi connectivity index (χ1n) is 8.81. The molecule has 0 aliphatic heterocycles. The van der Waals surface area contributed by atoms with E-state index in [4.69, 9.17) is 4.74 Å². The number of ether oxygens (including phenoxy) is 1. The topological polar surface area (TPSA) is 100 Å². The van der Waals surface area contributed by atoms with Gasteiger partial charge in [0.25, 0.3) is 5.91 Å². The van der Waals surface area contributed by atoms with Crippen molar-refractivity contribution in [3.63, 3.8) is 0 Å². The summed E-state index contributed by atoms with van der Waals surface area (Å²) in [5.74, 6) is -1.07. The second-order valence-electron chi connectivity index (χ2n) is 6.22. The molecule has 146 valence electrons. The molecule has 0 fully saturated rings. The summed E-state index contributed by atoms with van der Waals surface area (Å²) in [4.78, 5) is 39.4. The van der Waals surface area contributed by atoms with Crippen molar-refractivity contribution in [3.05, 3.63) is 58.4 Å². The quantitative estimate of drug-likeness (QED) is 0.506. The third kappa shape index (κ3) is 4.77. The van der Waals surface area contributed by atoms with E-state index in [1.807, 2.05) is 35.8 Å². The Morgan fingerprint density at radius 2 is 2.04 bits per heavy atom. The van der Waals surface area contributed by atoms with Crippen LogP contribution in [0, 0.1) is 0 Å². The number of methoxy groups -OCH3 is 1. The number of H-pyrrole nitrogens is 1. The summed E-state index contributed by atoms with van der Waals surface area (Å²) >= 11 is 1.43. The van der Waals surface area contributed by atoms with Gasteiger partial charge in [0.2, 0.25) is 5.91 Å². The second-order valence-corrected chi connectivity index (χ2v) is 7.00. The van der Waals surface area contributed by atoms with E-state index < -0.39 is 12.0 Å². The molecule has 1 aromatic carbocycles. The molecule has 2 amide bonds. The number of carbonyl (C=O) groups excluding carboxylic acids is 3. The Hall–Kier alpha value is -3.13. The molecule has 28 heavy (non-hydrogen) atoms. The molecule has 0 spiro atoms. The van der Waals surface area contributed by atoms with Gasteiger partial charge in [0.05, 0.1) is 7.11 Å². The van der Waals surface area contributed by atoms with Crippen LogP contribution >= 0.6 is 11.3 Å². The van der Waals surface area contributed by atoms with Crippen molar-refractivity contribution in [3.8, 4) is 0 Å². The second kappa shape index (κ2) is 9.18. The number of para-hydroxylation sites is 1. The van der Waals surface area contributed by atoms with Crippen LogP contribution in [0.15, 0.2) is 47.3 Å². The number of aromatic nitrogens is 1. The Morgan fingerprint density at radius 1 is 1.21 bits per heavy atom. The van der Waals surface area contributed by atoms with Crippen LogP contribution in [0.1, 0.15) is 22.3 Å². The highest BCUT2D eigenvalue weighted by Gasteiger charge is 2.23. The van der Waals surface area contributed by atoms with Gasteiger partial charge in [-0.1, -0.05) is 18.2 Å². The fourth-order valence-electron chi connectivity index (χ4n) is 2.91. The van der Waals surface area contributed by atoms with Gasteiger partial charge in [0.15, 0.2) is 0 Å². The number of amides is 2.